The lowest BCUT2D eigenvalue weighted by Crippen LogP contribution is -2.20. The zero-order chi connectivity index (χ0) is 15.2. The molecule has 0 aliphatic rings. The van der Waals surface area contributed by atoms with Gasteiger partial charge in [-0.1, -0.05) is 47.5 Å². The molecule has 1 aromatic carbocycles. The van der Waals surface area contributed by atoms with Crippen LogP contribution in [0, 0.1) is 0 Å². The molecule has 20 heavy (non-hydrogen) atoms. The molecule has 0 atom stereocenters. The lowest BCUT2D eigenvalue weighted by Gasteiger charge is -2.25. The molecule has 0 amide bonds. The zero-order valence-electron chi connectivity index (χ0n) is 14.0. The fraction of sp³-hybridized carbons (Fsp3) is 0.667. The lowest BCUT2D eigenvalue weighted by atomic mass is 9.86. The third kappa shape index (κ3) is 4.73. The van der Waals surface area contributed by atoms with Gasteiger partial charge in [0.05, 0.1) is 7.11 Å². The molecule has 1 N–H and O–H groups in total. The quantitative estimate of drug-likeness (QED) is 0.723. The first-order chi connectivity index (χ1) is 9.42. The molecule has 1 rings (SSSR count). The molecule has 0 fully saturated rings. The van der Waals surface area contributed by atoms with E-state index in [1.165, 1.54) is 36.9 Å². The van der Waals surface area contributed by atoms with Crippen molar-refractivity contribution in [2.24, 2.45) is 0 Å². The molecular formula is C18H31NO. The van der Waals surface area contributed by atoms with Crippen molar-refractivity contribution in [1.82, 2.24) is 0 Å². The highest BCUT2D eigenvalue weighted by Crippen LogP contribution is 2.33. The highest BCUT2D eigenvalue weighted by Gasteiger charge is 2.19. The maximum absolute atomic E-state index is 5.50. The van der Waals surface area contributed by atoms with Crippen LogP contribution in [0.25, 0.3) is 0 Å². The van der Waals surface area contributed by atoms with E-state index < -0.39 is 0 Å². The molecule has 0 radical (unpaired) electrons. The fourth-order valence-corrected chi connectivity index (χ4v) is 2.61. The number of anilines is 1. The Balaban J connectivity index is 2.96. The van der Waals surface area contributed by atoms with Crippen LogP contribution in [-0.2, 0) is 5.41 Å². The summed E-state index contributed by atoms with van der Waals surface area (Å²) in [6.07, 6.45) is 4.90. The smallest absolute Gasteiger partial charge is 0.122 e. The van der Waals surface area contributed by atoms with Crippen LogP contribution in [0.15, 0.2) is 18.2 Å². The first kappa shape index (κ1) is 16.9. The van der Waals surface area contributed by atoms with Crippen molar-refractivity contribution >= 4 is 5.69 Å². The van der Waals surface area contributed by atoms with E-state index in [1.807, 2.05) is 0 Å². The van der Waals surface area contributed by atoms with E-state index in [9.17, 15) is 0 Å². The van der Waals surface area contributed by atoms with Crippen LogP contribution in [0.5, 0.6) is 5.75 Å². The summed E-state index contributed by atoms with van der Waals surface area (Å²) in [6, 6.07) is 7.03. The molecule has 0 aliphatic heterocycles. The van der Waals surface area contributed by atoms with E-state index in [4.69, 9.17) is 4.74 Å². The number of benzene rings is 1. The Bertz CT molecular complexity index is 400. The molecule has 0 saturated heterocycles. The Labute approximate surface area is 124 Å². The Kier molecular flexibility index (Phi) is 6.38. The fourth-order valence-electron chi connectivity index (χ4n) is 2.61. The van der Waals surface area contributed by atoms with E-state index in [2.05, 4.69) is 58.1 Å². The Morgan fingerprint density at radius 2 is 1.70 bits per heavy atom. The summed E-state index contributed by atoms with van der Waals surface area (Å²) >= 11 is 0. The summed E-state index contributed by atoms with van der Waals surface area (Å²) < 4.78 is 5.50. The Hall–Kier alpha value is -1.18. The van der Waals surface area contributed by atoms with Gasteiger partial charge in [-0.25, -0.2) is 0 Å². The summed E-state index contributed by atoms with van der Waals surface area (Å²) in [7, 11) is 1.74. The van der Waals surface area contributed by atoms with Crippen LogP contribution in [0.2, 0.25) is 0 Å². The predicted molar refractivity (Wildman–Crippen MR) is 88.9 cm³/mol. The van der Waals surface area contributed by atoms with Gasteiger partial charge < -0.3 is 10.1 Å². The zero-order valence-corrected chi connectivity index (χ0v) is 14.0. The minimum absolute atomic E-state index is 0.0913. The number of methoxy groups -OCH3 is 1. The van der Waals surface area contributed by atoms with Gasteiger partial charge in [-0.3, -0.25) is 0 Å². The van der Waals surface area contributed by atoms with Crippen molar-refractivity contribution in [3.8, 4) is 5.75 Å². The van der Waals surface area contributed by atoms with Gasteiger partial charge in [0.15, 0.2) is 0 Å². The SMILES string of the molecule is CCCC(CCC)Nc1ccc(OC)c(C(C)(C)C)c1. The first-order valence-electron chi connectivity index (χ1n) is 7.87. The molecule has 2 heteroatoms. The molecular weight excluding hydrogens is 246 g/mol. The molecule has 1 aromatic rings. The molecule has 0 unspecified atom stereocenters. The molecule has 2 nitrogen and oxygen atoms in total. The predicted octanol–water partition coefficient (Wildman–Crippen LogP) is 5.37. The van der Waals surface area contributed by atoms with Gasteiger partial charge in [0.25, 0.3) is 0 Å². The minimum atomic E-state index is 0.0913. The number of rotatable bonds is 7. The van der Waals surface area contributed by atoms with Crippen molar-refractivity contribution in [3.63, 3.8) is 0 Å². The van der Waals surface area contributed by atoms with Gasteiger partial charge in [0, 0.05) is 17.3 Å². The second-order valence-corrected chi connectivity index (χ2v) is 6.58. The Morgan fingerprint density at radius 1 is 1.10 bits per heavy atom. The summed E-state index contributed by atoms with van der Waals surface area (Å²) in [4.78, 5) is 0. The van der Waals surface area contributed by atoms with Gasteiger partial charge in [-0.2, -0.15) is 0 Å². The van der Waals surface area contributed by atoms with Crippen LogP contribution >= 0.6 is 0 Å². The summed E-state index contributed by atoms with van der Waals surface area (Å²) in [5, 5.41) is 3.69. The van der Waals surface area contributed by atoms with Gasteiger partial charge in [-0.15, -0.1) is 0 Å². The number of hydrogen-bond acceptors (Lipinski definition) is 2. The third-order valence-electron chi connectivity index (χ3n) is 3.65. The van der Waals surface area contributed by atoms with Crippen molar-refractivity contribution in [2.75, 3.05) is 12.4 Å². The topological polar surface area (TPSA) is 21.3 Å². The normalized spacial score (nSPS) is 11.8. The first-order valence-corrected chi connectivity index (χ1v) is 7.87. The van der Waals surface area contributed by atoms with Crippen molar-refractivity contribution in [3.05, 3.63) is 23.8 Å². The number of ether oxygens (including phenoxy) is 1. The largest absolute Gasteiger partial charge is 0.496 e. The molecule has 0 aromatic heterocycles. The van der Waals surface area contributed by atoms with Crippen LogP contribution in [0.1, 0.15) is 65.9 Å². The average molecular weight is 277 g/mol. The van der Waals surface area contributed by atoms with Crippen molar-refractivity contribution in [1.29, 1.82) is 0 Å². The molecule has 0 bridgehead atoms. The molecule has 0 saturated carbocycles. The van der Waals surface area contributed by atoms with E-state index in [1.54, 1.807) is 7.11 Å². The van der Waals surface area contributed by atoms with Gasteiger partial charge in [0.1, 0.15) is 5.75 Å². The monoisotopic (exact) mass is 277 g/mol. The minimum Gasteiger partial charge on any atom is -0.496 e. The highest BCUT2D eigenvalue weighted by atomic mass is 16.5. The van der Waals surface area contributed by atoms with E-state index in [-0.39, 0.29) is 5.41 Å². The number of nitrogens with one attached hydrogen (secondary N) is 1. The third-order valence-corrected chi connectivity index (χ3v) is 3.65. The van der Waals surface area contributed by atoms with E-state index in [0.717, 1.165) is 5.75 Å². The Morgan fingerprint density at radius 3 is 2.15 bits per heavy atom. The lowest BCUT2D eigenvalue weighted by molar-refractivity contribution is 0.397. The standard InChI is InChI=1S/C18H31NO/c1-7-9-14(10-8-2)19-15-11-12-17(20-6)16(13-15)18(3,4)5/h11-14,19H,7-10H2,1-6H3. The van der Waals surface area contributed by atoms with Crippen LogP contribution in [-0.4, -0.2) is 13.2 Å². The molecule has 0 heterocycles. The molecule has 114 valence electrons. The summed E-state index contributed by atoms with van der Waals surface area (Å²) in [5.74, 6) is 0.977. The summed E-state index contributed by atoms with van der Waals surface area (Å²) in [6.45, 7) is 11.2. The summed E-state index contributed by atoms with van der Waals surface area (Å²) in [5.41, 5.74) is 2.56. The molecule has 0 spiro atoms. The van der Waals surface area contributed by atoms with Gasteiger partial charge in [0.2, 0.25) is 0 Å². The maximum Gasteiger partial charge on any atom is 0.122 e. The van der Waals surface area contributed by atoms with E-state index in [0.29, 0.717) is 6.04 Å². The van der Waals surface area contributed by atoms with Gasteiger partial charge >= 0.3 is 0 Å². The second-order valence-electron chi connectivity index (χ2n) is 6.58. The second kappa shape index (κ2) is 7.56. The maximum atomic E-state index is 5.50. The van der Waals surface area contributed by atoms with Crippen LogP contribution < -0.4 is 10.1 Å². The van der Waals surface area contributed by atoms with Crippen LogP contribution in [0.3, 0.4) is 0 Å². The van der Waals surface area contributed by atoms with Crippen molar-refractivity contribution in [2.45, 2.75) is 71.8 Å². The molecule has 0 aliphatic carbocycles. The highest BCUT2D eigenvalue weighted by molar-refractivity contribution is 5.53. The van der Waals surface area contributed by atoms with Crippen molar-refractivity contribution < 1.29 is 4.74 Å². The van der Waals surface area contributed by atoms with Gasteiger partial charge in [-0.05, 0) is 36.5 Å². The van der Waals surface area contributed by atoms with E-state index >= 15 is 0 Å². The average Bonchev–Trinajstić information content (AvgIpc) is 2.38. The number of hydrogen-bond donors (Lipinski definition) is 1. The van der Waals surface area contributed by atoms with Crippen LogP contribution in [0.4, 0.5) is 5.69 Å².